The Bertz CT molecular complexity index is 721. The summed E-state index contributed by atoms with van der Waals surface area (Å²) in [4.78, 5) is 15.6. The van der Waals surface area contributed by atoms with Crippen LogP contribution in [0.2, 0.25) is 5.02 Å². The van der Waals surface area contributed by atoms with Gasteiger partial charge in [-0.05, 0) is 24.3 Å². The van der Waals surface area contributed by atoms with Crippen LogP contribution >= 0.6 is 11.6 Å². The van der Waals surface area contributed by atoms with E-state index in [0.29, 0.717) is 10.7 Å². The molecule has 0 aliphatic heterocycles. The Labute approximate surface area is 119 Å². The summed E-state index contributed by atoms with van der Waals surface area (Å²) in [6.07, 6.45) is 1.29. The van der Waals surface area contributed by atoms with Crippen LogP contribution in [0.15, 0.2) is 30.6 Å². The van der Waals surface area contributed by atoms with Crippen molar-refractivity contribution in [1.29, 1.82) is 10.5 Å². The maximum atomic E-state index is 11.8. The average Bonchev–Trinajstić information content (AvgIpc) is 2.83. The van der Waals surface area contributed by atoms with Gasteiger partial charge in [0.15, 0.2) is 11.4 Å². The number of halogens is 1. The first-order chi connectivity index (χ1) is 9.63. The minimum atomic E-state index is -0.328. The van der Waals surface area contributed by atoms with Gasteiger partial charge >= 0.3 is 0 Å². The van der Waals surface area contributed by atoms with Crippen molar-refractivity contribution < 1.29 is 4.79 Å². The van der Waals surface area contributed by atoms with E-state index in [-0.39, 0.29) is 23.8 Å². The van der Waals surface area contributed by atoms with Crippen LogP contribution in [-0.4, -0.2) is 15.5 Å². The van der Waals surface area contributed by atoms with Gasteiger partial charge in [0.1, 0.15) is 18.7 Å². The average molecular weight is 286 g/mol. The van der Waals surface area contributed by atoms with Crippen LogP contribution in [0.25, 0.3) is 0 Å². The van der Waals surface area contributed by atoms with Crippen LogP contribution in [0.5, 0.6) is 0 Å². The number of imidazole rings is 1. The van der Waals surface area contributed by atoms with Crippen LogP contribution in [0.4, 0.5) is 5.69 Å². The molecule has 0 spiro atoms. The number of rotatable bonds is 3. The van der Waals surface area contributed by atoms with Crippen LogP contribution in [0, 0.1) is 22.7 Å². The SMILES string of the molecule is N#Cc1ncn(CC(=O)Nc2ccc(Cl)cc2)c1C#N. The normalized spacial score (nSPS) is 9.55. The molecule has 0 unspecified atom stereocenters. The molecule has 0 aliphatic carbocycles. The minimum absolute atomic E-state index is 0.00629. The third kappa shape index (κ3) is 2.94. The molecule has 0 fully saturated rings. The Kier molecular flexibility index (Phi) is 3.99. The lowest BCUT2D eigenvalue weighted by Gasteiger charge is -2.06. The number of carbonyl (C=O) groups excluding carboxylic acids is 1. The van der Waals surface area contributed by atoms with Gasteiger partial charge in [0.2, 0.25) is 5.91 Å². The third-order valence-corrected chi connectivity index (χ3v) is 2.74. The molecule has 1 aromatic heterocycles. The number of amides is 1. The summed E-state index contributed by atoms with van der Waals surface area (Å²) in [6.45, 7) is -0.0970. The number of carbonyl (C=O) groups is 1. The first-order valence-corrected chi connectivity index (χ1v) is 5.92. The van der Waals surface area contributed by atoms with E-state index in [0.717, 1.165) is 0 Å². The summed E-state index contributed by atoms with van der Waals surface area (Å²) in [5, 5.41) is 20.9. The fourth-order valence-corrected chi connectivity index (χ4v) is 1.72. The van der Waals surface area contributed by atoms with Gasteiger partial charge in [-0.3, -0.25) is 4.79 Å². The Hall–Kier alpha value is -2.83. The highest BCUT2D eigenvalue weighted by atomic mass is 35.5. The first kappa shape index (κ1) is 13.6. The second-order valence-electron chi connectivity index (χ2n) is 3.85. The van der Waals surface area contributed by atoms with Crippen molar-refractivity contribution in [3.63, 3.8) is 0 Å². The Morgan fingerprint density at radius 2 is 2.00 bits per heavy atom. The molecule has 0 bridgehead atoms. The monoisotopic (exact) mass is 285 g/mol. The third-order valence-electron chi connectivity index (χ3n) is 2.49. The second kappa shape index (κ2) is 5.87. The minimum Gasteiger partial charge on any atom is -0.325 e. The van der Waals surface area contributed by atoms with Crippen molar-refractivity contribution >= 4 is 23.2 Å². The zero-order valence-electron chi connectivity index (χ0n) is 10.2. The highest BCUT2D eigenvalue weighted by Gasteiger charge is 2.12. The van der Waals surface area contributed by atoms with E-state index in [1.165, 1.54) is 10.9 Å². The molecule has 1 N–H and O–H groups in total. The van der Waals surface area contributed by atoms with E-state index >= 15 is 0 Å². The van der Waals surface area contributed by atoms with Gasteiger partial charge in [-0.1, -0.05) is 11.6 Å². The van der Waals surface area contributed by atoms with Gasteiger partial charge in [-0.2, -0.15) is 10.5 Å². The number of benzene rings is 1. The van der Waals surface area contributed by atoms with Gasteiger partial charge in [0, 0.05) is 10.7 Å². The molecule has 0 atom stereocenters. The number of nitrogens with one attached hydrogen (secondary N) is 1. The van der Waals surface area contributed by atoms with E-state index in [4.69, 9.17) is 22.1 Å². The zero-order chi connectivity index (χ0) is 14.5. The fraction of sp³-hybridized carbons (Fsp3) is 0.0769. The number of hydrogen-bond donors (Lipinski definition) is 1. The molecule has 2 aromatic rings. The predicted molar refractivity (Wildman–Crippen MR) is 71.7 cm³/mol. The molecule has 0 radical (unpaired) electrons. The lowest BCUT2D eigenvalue weighted by atomic mass is 10.3. The smallest absolute Gasteiger partial charge is 0.244 e. The Morgan fingerprint density at radius 3 is 2.60 bits per heavy atom. The van der Waals surface area contributed by atoms with Crippen LogP contribution in [0.3, 0.4) is 0 Å². The van der Waals surface area contributed by atoms with E-state index in [2.05, 4.69) is 10.3 Å². The maximum Gasteiger partial charge on any atom is 0.244 e. The summed E-state index contributed by atoms with van der Waals surface area (Å²) in [5.74, 6) is -0.328. The standard InChI is InChI=1S/C13H8ClN5O/c14-9-1-3-10(4-2-9)18-13(20)7-19-8-17-11(5-15)12(19)6-16/h1-4,8H,7H2,(H,18,20). The molecule has 1 aromatic carbocycles. The van der Waals surface area contributed by atoms with Gasteiger partial charge in [-0.15, -0.1) is 0 Å². The molecule has 7 heteroatoms. The predicted octanol–water partition coefficient (Wildman–Crippen LogP) is 1.92. The summed E-state index contributed by atoms with van der Waals surface area (Å²) in [7, 11) is 0. The van der Waals surface area contributed by atoms with Gasteiger partial charge < -0.3 is 9.88 Å². The molecular weight excluding hydrogens is 278 g/mol. The quantitative estimate of drug-likeness (QED) is 0.932. The fourth-order valence-electron chi connectivity index (χ4n) is 1.59. The van der Waals surface area contributed by atoms with E-state index in [1.54, 1.807) is 30.3 Å². The number of hydrogen-bond acceptors (Lipinski definition) is 4. The van der Waals surface area contributed by atoms with Crippen LogP contribution in [0.1, 0.15) is 11.4 Å². The number of anilines is 1. The van der Waals surface area contributed by atoms with Crippen LogP contribution in [-0.2, 0) is 11.3 Å². The molecule has 1 amide bonds. The summed E-state index contributed by atoms with van der Waals surface area (Å²) in [6, 6.07) is 10.3. The summed E-state index contributed by atoms with van der Waals surface area (Å²) >= 11 is 5.74. The van der Waals surface area contributed by atoms with Gasteiger partial charge in [0.05, 0.1) is 6.33 Å². The number of nitriles is 2. The van der Waals surface area contributed by atoms with Crippen molar-refractivity contribution in [3.8, 4) is 12.1 Å². The van der Waals surface area contributed by atoms with E-state index in [9.17, 15) is 4.79 Å². The summed E-state index contributed by atoms with van der Waals surface area (Å²) < 4.78 is 1.32. The highest BCUT2D eigenvalue weighted by Crippen LogP contribution is 2.13. The van der Waals surface area contributed by atoms with Crippen molar-refractivity contribution in [2.45, 2.75) is 6.54 Å². The van der Waals surface area contributed by atoms with Crippen molar-refractivity contribution in [2.75, 3.05) is 5.32 Å². The lowest BCUT2D eigenvalue weighted by Crippen LogP contribution is -2.19. The number of nitrogens with zero attached hydrogens (tertiary/aromatic N) is 4. The molecule has 2 rings (SSSR count). The molecule has 1 heterocycles. The van der Waals surface area contributed by atoms with Gasteiger partial charge in [-0.25, -0.2) is 4.98 Å². The molecular formula is C13H8ClN5O. The lowest BCUT2D eigenvalue weighted by molar-refractivity contribution is -0.116. The largest absolute Gasteiger partial charge is 0.325 e. The molecule has 98 valence electrons. The van der Waals surface area contributed by atoms with E-state index < -0.39 is 0 Å². The second-order valence-corrected chi connectivity index (χ2v) is 4.28. The zero-order valence-corrected chi connectivity index (χ0v) is 10.9. The molecule has 0 aliphatic rings. The summed E-state index contributed by atoms with van der Waals surface area (Å²) in [5.41, 5.74) is 0.670. The molecule has 20 heavy (non-hydrogen) atoms. The molecule has 0 saturated carbocycles. The van der Waals surface area contributed by atoms with Gasteiger partial charge in [0.25, 0.3) is 0 Å². The van der Waals surface area contributed by atoms with Crippen molar-refractivity contribution in [1.82, 2.24) is 9.55 Å². The Balaban J connectivity index is 2.09. The molecule has 0 saturated heterocycles. The Morgan fingerprint density at radius 1 is 1.30 bits per heavy atom. The van der Waals surface area contributed by atoms with Crippen molar-refractivity contribution in [2.24, 2.45) is 0 Å². The van der Waals surface area contributed by atoms with Crippen molar-refractivity contribution in [3.05, 3.63) is 47.0 Å². The first-order valence-electron chi connectivity index (χ1n) is 5.55. The topological polar surface area (TPSA) is 94.5 Å². The molecule has 6 nitrogen and oxygen atoms in total. The van der Waals surface area contributed by atoms with E-state index in [1.807, 2.05) is 6.07 Å². The van der Waals surface area contributed by atoms with Crippen LogP contribution < -0.4 is 5.32 Å². The number of aromatic nitrogens is 2. The maximum absolute atomic E-state index is 11.8. The highest BCUT2D eigenvalue weighted by molar-refractivity contribution is 6.30.